The Labute approximate surface area is 105 Å². The SMILES string of the molecule is CC(=O)NCCNC(C)c1ccc(F)c(Cl)c1. The van der Waals surface area contributed by atoms with E-state index in [1.54, 1.807) is 12.1 Å². The first-order chi connectivity index (χ1) is 8.00. The van der Waals surface area contributed by atoms with E-state index in [1.807, 2.05) is 6.92 Å². The summed E-state index contributed by atoms with van der Waals surface area (Å²) in [5.74, 6) is -0.467. The molecule has 1 atom stereocenters. The normalized spacial score (nSPS) is 12.2. The maximum atomic E-state index is 13.0. The zero-order chi connectivity index (χ0) is 12.8. The monoisotopic (exact) mass is 258 g/mol. The lowest BCUT2D eigenvalue weighted by atomic mass is 10.1. The highest BCUT2D eigenvalue weighted by molar-refractivity contribution is 6.30. The first-order valence-corrected chi connectivity index (χ1v) is 5.81. The number of carbonyl (C=O) groups is 1. The highest BCUT2D eigenvalue weighted by Gasteiger charge is 2.07. The number of halogens is 2. The molecule has 1 aromatic rings. The van der Waals surface area contributed by atoms with Crippen LogP contribution in [0.5, 0.6) is 0 Å². The van der Waals surface area contributed by atoms with Crippen molar-refractivity contribution in [1.82, 2.24) is 10.6 Å². The summed E-state index contributed by atoms with van der Waals surface area (Å²) in [6, 6.07) is 4.70. The van der Waals surface area contributed by atoms with Gasteiger partial charge in [0.2, 0.25) is 5.91 Å². The predicted molar refractivity (Wildman–Crippen MR) is 66.5 cm³/mol. The molecule has 2 N–H and O–H groups in total. The van der Waals surface area contributed by atoms with Crippen LogP contribution in [0.2, 0.25) is 5.02 Å². The van der Waals surface area contributed by atoms with Crippen LogP contribution in [-0.2, 0) is 4.79 Å². The van der Waals surface area contributed by atoms with Gasteiger partial charge in [0.25, 0.3) is 0 Å². The van der Waals surface area contributed by atoms with Gasteiger partial charge < -0.3 is 10.6 Å². The molecule has 0 radical (unpaired) electrons. The van der Waals surface area contributed by atoms with Gasteiger partial charge in [-0.3, -0.25) is 4.79 Å². The van der Waals surface area contributed by atoms with E-state index in [0.29, 0.717) is 13.1 Å². The molecule has 0 aliphatic carbocycles. The van der Waals surface area contributed by atoms with Crippen LogP contribution in [0, 0.1) is 5.82 Å². The van der Waals surface area contributed by atoms with Crippen LogP contribution in [0.1, 0.15) is 25.5 Å². The molecule has 1 aromatic carbocycles. The summed E-state index contributed by atoms with van der Waals surface area (Å²) in [6.07, 6.45) is 0. The van der Waals surface area contributed by atoms with Gasteiger partial charge in [0.05, 0.1) is 5.02 Å². The second-order valence-electron chi connectivity index (χ2n) is 3.83. The average Bonchev–Trinajstić information content (AvgIpc) is 2.27. The second-order valence-corrected chi connectivity index (χ2v) is 4.24. The first kappa shape index (κ1) is 13.9. The Hall–Kier alpha value is -1.13. The lowest BCUT2D eigenvalue weighted by Gasteiger charge is -2.14. The van der Waals surface area contributed by atoms with Gasteiger partial charge in [-0.25, -0.2) is 4.39 Å². The third-order valence-corrected chi connectivity index (χ3v) is 2.68. The van der Waals surface area contributed by atoms with Crippen molar-refractivity contribution in [2.45, 2.75) is 19.9 Å². The van der Waals surface area contributed by atoms with Gasteiger partial charge >= 0.3 is 0 Å². The maximum absolute atomic E-state index is 13.0. The van der Waals surface area contributed by atoms with Crippen molar-refractivity contribution in [1.29, 1.82) is 0 Å². The molecule has 1 amide bonds. The van der Waals surface area contributed by atoms with Crippen LogP contribution in [0.4, 0.5) is 4.39 Å². The van der Waals surface area contributed by atoms with Crippen molar-refractivity contribution in [3.05, 3.63) is 34.6 Å². The first-order valence-electron chi connectivity index (χ1n) is 5.43. The number of nitrogens with one attached hydrogen (secondary N) is 2. The largest absolute Gasteiger partial charge is 0.355 e. The standard InChI is InChI=1S/C12H16ClFN2O/c1-8(15-5-6-16-9(2)17)10-3-4-12(14)11(13)7-10/h3-4,7-8,15H,5-6H2,1-2H3,(H,16,17). The third kappa shape index (κ3) is 4.71. The van der Waals surface area contributed by atoms with E-state index in [-0.39, 0.29) is 17.0 Å². The molecule has 0 aliphatic heterocycles. The van der Waals surface area contributed by atoms with Gasteiger partial charge in [-0.1, -0.05) is 17.7 Å². The molecule has 0 bridgehead atoms. The zero-order valence-electron chi connectivity index (χ0n) is 9.89. The Morgan fingerprint density at radius 2 is 2.18 bits per heavy atom. The quantitative estimate of drug-likeness (QED) is 0.796. The average molecular weight is 259 g/mol. The van der Waals surface area contributed by atoms with Crippen LogP contribution in [0.15, 0.2) is 18.2 Å². The number of hydrogen-bond acceptors (Lipinski definition) is 2. The molecule has 0 aromatic heterocycles. The maximum Gasteiger partial charge on any atom is 0.216 e. The predicted octanol–water partition coefficient (Wildman–Crippen LogP) is 2.27. The summed E-state index contributed by atoms with van der Waals surface area (Å²) in [6.45, 7) is 4.64. The molecule has 5 heteroatoms. The molecule has 0 aliphatic rings. The molecule has 17 heavy (non-hydrogen) atoms. The van der Waals surface area contributed by atoms with Crippen molar-refractivity contribution in [3.63, 3.8) is 0 Å². The highest BCUT2D eigenvalue weighted by atomic mass is 35.5. The Morgan fingerprint density at radius 1 is 1.47 bits per heavy atom. The molecule has 0 fully saturated rings. The smallest absolute Gasteiger partial charge is 0.216 e. The number of rotatable bonds is 5. The van der Waals surface area contributed by atoms with E-state index in [0.717, 1.165) is 5.56 Å². The summed E-state index contributed by atoms with van der Waals surface area (Å²) >= 11 is 5.70. The molecule has 0 spiro atoms. The van der Waals surface area contributed by atoms with Gasteiger partial charge in [-0.2, -0.15) is 0 Å². The Balaban J connectivity index is 2.44. The number of amides is 1. The van der Waals surface area contributed by atoms with Crippen LogP contribution in [-0.4, -0.2) is 19.0 Å². The van der Waals surface area contributed by atoms with Gasteiger partial charge in [0.15, 0.2) is 0 Å². The minimum atomic E-state index is -0.416. The lowest BCUT2D eigenvalue weighted by molar-refractivity contribution is -0.118. The molecule has 0 heterocycles. The van der Waals surface area contributed by atoms with Crippen LogP contribution in [0.3, 0.4) is 0 Å². The van der Waals surface area contributed by atoms with Gasteiger partial charge in [0, 0.05) is 26.1 Å². The Kier molecular flexibility index (Phi) is 5.38. The van der Waals surface area contributed by atoms with Crippen LogP contribution >= 0.6 is 11.6 Å². The van der Waals surface area contributed by atoms with E-state index in [1.165, 1.54) is 13.0 Å². The number of benzene rings is 1. The van der Waals surface area contributed by atoms with Crippen molar-refractivity contribution in [3.8, 4) is 0 Å². The highest BCUT2D eigenvalue weighted by Crippen LogP contribution is 2.20. The summed E-state index contributed by atoms with van der Waals surface area (Å²) < 4.78 is 13.0. The van der Waals surface area contributed by atoms with E-state index in [2.05, 4.69) is 10.6 Å². The lowest BCUT2D eigenvalue weighted by Crippen LogP contribution is -2.31. The molecule has 1 unspecified atom stereocenters. The fraction of sp³-hybridized carbons (Fsp3) is 0.417. The minimum absolute atomic E-state index is 0.0516. The summed E-state index contributed by atoms with van der Waals surface area (Å²) in [5, 5.41) is 6.01. The van der Waals surface area contributed by atoms with Crippen LogP contribution < -0.4 is 10.6 Å². The molecule has 3 nitrogen and oxygen atoms in total. The molecule has 1 rings (SSSR count). The van der Waals surface area contributed by atoms with E-state index >= 15 is 0 Å². The molecule has 0 saturated carbocycles. The summed E-state index contributed by atoms with van der Waals surface area (Å²) in [4.78, 5) is 10.6. The second kappa shape index (κ2) is 6.57. The molecular formula is C12H16ClFN2O. The summed E-state index contributed by atoms with van der Waals surface area (Å²) in [5.41, 5.74) is 0.916. The minimum Gasteiger partial charge on any atom is -0.355 e. The number of carbonyl (C=O) groups excluding carboxylic acids is 1. The zero-order valence-corrected chi connectivity index (χ0v) is 10.6. The van der Waals surface area contributed by atoms with Crippen molar-refractivity contribution < 1.29 is 9.18 Å². The Bertz CT molecular complexity index is 398. The van der Waals surface area contributed by atoms with Gasteiger partial charge in [-0.05, 0) is 24.6 Å². The third-order valence-electron chi connectivity index (χ3n) is 2.39. The number of hydrogen-bond donors (Lipinski definition) is 2. The molecule has 0 saturated heterocycles. The van der Waals surface area contributed by atoms with Gasteiger partial charge in [0.1, 0.15) is 5.82 Å². The van der Waals surface area contributed by atoms with Crippen molar-refractivity contribution in [2.24, 2.45) is 0 Å². The van der Waals surface area contributed by atoms with E-state index in [4.69, 9.17) is 11.6 Å². The molecular weight excluding hydrogens is 243 g/mol. The fourth-order valence-electron chi connectivity index (χ4n) is 1.43. The van der Waals surface area contributed by atoms with Gasteiger partial charge in [-0.15, -0.1) is 0 Å². The van der Waals surface area contributed by atoms with E-state index in [9.17, 15) is 9.18 Å². The van der Waals surface area contributed by atoms with E-state index < -0.39 is 5.82 Å². The van der Waals surface area contributed by atoms with Crippen LogP contribution in [0.25, 0.3) is 0 Å². The Morgan fingerprint density at radius 3 is 2.76 bits per heavy atom. The summed E-state index contributed by atoms with van der Waals surface area (Å²) in [7, 11) is 0. The van der Waals surface area contributed by atoms with Crippen molar-refractivity contribution in [2.75, 3.05) is 13.1 Å². The molecule has 94 valence electrons. The topological polar surface area (TPSA) is 41.1 Å². The van der Waals surface area contributed by atoms with Crippen molar-refractivity contribution >= 4 is 17.5 Å². The fourth-order valence-corrected chi connectivity index (χ4v) is 1.62.